The zero-order valence-corrected chi connectivity index (χ0v) is 17.2. The molecule has 0 spiro atoms. The number of furan rings is 1. The van der Waals surface area contributed by atoms with Crippen LogP contribution in [0.5, 0.6) is 0 Å². The lowest BCUT2D eigenvalue weighted by Gasteiger charge is -2.06. The summed E-state index contributed by atoms with van der Waals surface area (Å²) in [6.07, 6.45) is 2.33. The molecule has 4 aromatic rings. The maximum absolute atomic E-state index is 12.3. The summed E-state index contributed by atoms with van der Waals surface area (Å²) in [5.74, 6) is 1.53. The molecule has 0 saturated carbocycles. The van der Waals surface area contributed by atoms with E-state index in [1.807, 2.05) is 43.3 Å². The highest BCUT2D eigenvalue weighted by Gasteiger charge is 2.12. The molecule has 7 heteroatoms. The molecule has 0 atom stereocenters. The molecule has 0 aliphatic rings. The van der Waals surface area contributed by atoms with E-state index in [0.717, 1.165) is 16.9 Å². The summed E-state index contributed by atoms with van der Waals surface area (Å²) in [4.78, 5) is 12.3. The summed E-state index contributed by atoms with van der Waals surface area (Å²) in [7, 11) is 0. The average Bonchev–Trinajstić information content (AvgIpc) is 3.49. The Balaban J connectivity index is 1.26. The van der Waals surface area contributed by atoms with Gasteiger partial charge in [0.05, 0.1) is 6.26 Å². The fourth-order valence-corrected chi connectivity index (χ4v) is 2.96. The van der Waals surface area contributed by atoms with Crippen LogP contribution in [0.25, 0.3) is 22.9 Å². The third-order valence-corrected chi connectivity index (χ3v) is 4.69. The quantitative estimate of drug-likeness (QED) is 0.399. The van der Waals surface area contributed by atoms with Gasteiger partial charge in [0, 0.05) is 29.8 Å². The molecule has 0 bridgehead atoms. The minimum atomic E-state index is -0.136. The van der Waals surface area contributed by atoms with Crippen molar-refractivity contribution in [3.05, 3.63) is 83.8 Å². The molecule has 0 fully saturated rings. The fourth-order valence-electron chi connectivity index (χ4n) is 2.96. The summed E-state index contributed by atoms with van der Waals surface area (Å²) >= 11 is 0. The molecule has 0 aliphatic carbocycles. The van der Waals surface area contributed by atoms with Crippen LogP contribution in [-0.4, -0.2) is 29.3 Å². The molecule has 31 heavy (non-hydrogen) atoms. The minimum Gasteiger partial charge on any atom is -0.467 e. The number of aromatic nitrogens is 2. The summed E-state index contributed by atoms with van der Waals surface area (Å²) in [6.45, 7) is 3.53. The van der Waals surface area contributed by atoms with Crippen LogP contribution in [0.2, 0.25) is 0 Å². The van der Waals surface area contributed by atoms with Gasteiger partial charge >= 0.3 is 0 Å². The lowest BCUT2D eigenvalue weighted by atomic mass is 10.1. The Morgan fingerprint density at radius 3 is 2.29 bits per heavy atom. The minimum absolute atomic E-state index is 0.136. The molecule has 158 valence electrons. The number of hydrogen-bond donors (Lipinski definition) is 1. The van der Waals surface area contributed by atoms with Gasteiger partial charge < -0.3 is 18.9 Å². The average molecular weight is 417 g/mol. The van der Waals surface area contributed by atoms with Gasteiger partial charge in [-0.1, -0.05) is 17.7 Å². The Bertz CT molecular complexity index is 1100. The SMILES string of the molecule is Cc1ccc(-c2nnc(-c3ccc(C(=O)NCCCOCc4ccco4)cc3)o2)cc1. The summed E-state index contributed by atoms with van der Waals surface area (Å²) in [6, 6.07) is 18.7. The molecule has 1 N–H and O–H groups in total. The fraction of sp³-hybridized carbons (Fsp3) is 0.208. The Labute approximate surface area is 180 Å². The first-order chi connectivity index (χ1) is 15.2. The molecule has 1 amide bonds. The van der Waals surface area contributed by atoms with Crippen molar-refractivity contribution in [3.8, 4) is 22.9 Å². The van der Waals surface area contributed by atoms with Gasteiger partial charge in [-0.15, -0.1) is 10.2 Å². The second kappa shape index (κ2) is 9.86. The number of ether oxygens (including phenoxy) is 1. The molecule has 7 nitrogen and oxygen atoms in total. The van der Waals surface area contributed by atoms with Gasteiger partial charge in [-0.3, -0.25) is 4.79 Å². The van der Waals surface area contributed by atoms with Crippen molar-refractivity contribution in [1.29, 1.82) is 0 Å². The lowest BCUT2D eigenvalue weighted by Crippen LogP contribution is -2.25. The van der Waals surface area contributed by atoms with Gasteiger partial charge in [0.2, 0.25) is 11.8 Å². The second-order valence-electron chi connectivity index (χ2n) is 7.10. The van der Waals surface area contributed by atoms with E-state index in [0.29, 0.717) is 43.5 Å². The molecule has 2 aromatic carbocycles. The third-order valence-electron chi connectivity index (χ3n) is 4.69. The summed E-state index contributed by atoms with van der Waals surface area (Å²) < 4.78 is 16.5. The van der Waals surface area contributed by atoms with Crippen LogP contribution in [0.4, 0.5) is 0 Å². The number of nitrogens with one attached hydrogen (secondary N) is 1. The van der Waals surface area contributed by atoms with Crippen LogP contribution < -0.4 is 5.32 Å². The van der Waals surface area contributed by atoms with Crippen LogP contribution in [-0.2, 0) is 11.3 Å². The zero-order chi connectivity index (χ0) is 21.5. The van der Waals surface area contributed by atoms with E-state index in [1.165, 1.54) is 5.56 Å². The van der Waals surface area contributed by atoms with Crippen molar-refractivity contribution in [2.75, 3.05) is 13.2 Å². The first-order valence-electron chi connectivity index (χ1n) is 10.1. The highest BCUT2D eigenvalue weighted by atomic mass is 16.5. The van der Waals surface area contributed by atoms with Crippen LogP contribution >= 0.6 is 0 Å². The monoisotopic (exact) mass is 417 g/mol. The summed E-state index contributed by atoms with van der Waals surface area (Å²) in [5, 5.41) is 11.1. The van der Waals surface area contributed by atoms with E-state index < -0.39 is 0 Å². The van der Waals surface area contributed by atoms with Crippen LogP contribution in [0.15, 0.2) is 75.8 Å². The van der Waals surface area contributed by atoms with Gasteiger partial charge in [-0.2, -0.15) is 0 Å². The summed E-state index contributed by atoms with van der Waals surface area (Å²) in [5.41, 5.74) is 3.36. The molecule has 4 rings (SSSR count). The zero-order valence-electron chi connectivity index (χ0n) is 17.2. The van der Waals surface area contributed by atoms with Gasteiger partial charge in [0.15, 0.2) is 0 Å². The molecule has 0 unspecified atom stereocenters. The largest absolute Gasteiger partial charge is 0.467 e. The van der Waals surface area contributed by atoms with E-state index in [1.54, 1.807) is 30.5 Å². The Kier molecular flexibility index (Phi) is 6.54. The van der Waals surface area contributed by atoms with Gasteiger partial charge in [-0.05, 0) is 61.9 Å². The number of rotatable bonds is 9. The molecular weight excluding hydrogens is 394 g/mol. The van der Waals surface area contributed by atoms with Crippen molar-refractivity contribution in [2.24, 2.45) is 0 Å². The normalized spacial score (nSPS) is 10.9. The highest BCUT2D eigenvalue weighted by Crippen LogP contribution is 2.24. The number of carbonyl (C=O) groups excluding carboxylic acids is 1. The molecule has 2 heterocycles. The smallest absolute Gasteiger partial charge is 0.251 e. The van der Waals surface area contributed by atoms with Gasteiger partial charge in [0.1, 0.15) is 12.4 Å². The first kappa shape index (κ1) is 20.6. The van der Waals surface area contributed by atoms with E-state index in [9.17, 15) is 4.79 Å². The van der Waals surface area contributed by atoms with Gasteiger partial charge in [-0.25, -0.2) is 0 Å². The number of aryl methyl sites for hydroxylation is 1. The van der Waals surface area contributed by atoms with Crippen LogP contribution in [0, 0.1) is 6.92 Å². The molecule has 0 saturated heterocycles. The van der Waals surface area contributed by atoms with E-state index in [-0.39, 0.29) is 5.91 Å². The molecule has 2 aromatic heterocycles. The predicted octanol–water partition coefficient (Wildman–Crippen LogP) is 4.64. The second-order valence-corrected chi connectivity index (χ2v) is 7.10. The van der Waals surface area contributed by atoms with E-state index in [4.69, 9.17) is 13.6 Å². The number of carbonyl (C=O) groups is 1. The number of nitrogens with zero attached hydrogens (tertiary/aromatic N) is 2. The highest BCUT2D eigenvalue weighted by molar-refractivity contribution is 5.94. The third kappa shape index (κ3) is 5.46. The van der Waals surface area contributed by atoms with Crippen molar-refractivity contribution in [2.45, 2.75) is 20.0 Å². The standard InChI is InChI=1S/C24H23N3O4/c1-17-5-7-19(8-6-17)23-26-27-24(31-23)20-11-9-18(10-12-20)22(28)25-13-3-14-29-16-21-4-2-15-30-21/h2,4-12,15H,3,13-14,16H2,1H3,(H,25,28). The van der Waals surface area contributed by atoms with Crippen molar-refractivity contribution < 1.29 is 18.4 Å². The number of hydrogen-bond acceptors (Lipinski definition) is 6. The lowest BCUT2D eigenvalue weighted by molar-refractivity contribution is 0.0917. The molecule has 0 radical (unpaired) electrons. The molecule has 0 aliphatic heterocycles. The van der Waals surface area contributed by atoms with Gasteiger partial charge in [0.25, 0.3) is 5.91 Å². The molecular formula is C24H23N3O4. The Morgan fingerprint density at radius 1 is 0.968 bits per heavy atom. The van der Waals surface area contributed by atoms with Crippen LogP contribution in [0.1, 0.15) is 28.1 Å². The van der Waals surface area contributed by atoms with E-state index in [2.05, 4.69) is 15.5 Å². The maximum Gasteiger partial charge on any atom is 0.251 e. The first-order valence-corrected chi connectivity index (χ1v) is 10.1. The van der Waals surface area contributed by atoms with Crippen molar-refractivity contribution >= 4 is 5.91 Å². The van der Waals surface area contributed by atoms with E-state index >= 15 is 0 Å². The van der Waals surface area contributed by atoms with Crippen molar-refractivity contribution in [3.63, 3.8) is 0 Å². The maximum atomic E-state index is 12.3. The number of benzene rings is 2. The number of amides is 1. The predicted molar refractivity (Wildman–Crippen MR) is 115 cm³/mol. The van der Waals surface area contributed by atoms with Crippen LogP contribution in [0.3, 0.4) is 0 Å². The Hall–Kier alpha value is -3.71. The Morgan fingerprint density at radius 2 is 1.65 bits per heavy atom. The van der Waals surface area contributed by atoms with Crippen molar-refractivity contribution in [1.82, 2.24) is 15.5 Å². The topological polar surface area (TPSA) is 90.4 Å².